The summed E-state index contributed by atoms with van der Waals surface area (Å²) >= 11 is 7.73. The van der Waals surface area contributed by atoms with E-state index in [0.29, 0.717) is 22.3 Å². The second kappa shape index (κ2) is 8.66. The Kier molecular flexibility index (Phi) is 6.51. The van der Waals surface area contributed by atoms with Gasteiger partial charge >= 0.3 is 0 Å². The van der Waals surface area contributed by atoms with Crippen molar-refractivity contribution >= 4 is 35.2 Å². The second-order valence-electron chi connectivity index (χ2n) is 7.52. The molecule has 0 radical (unpaired) electrons. The summed E-state index contributed by atoms with van der Waals surface area (Å²) in [6.07, 6.45) is 5.98. The van der Waals surface area contributed by atoms with Gasteiger partial charge in [-0.05, 0) is 56.9 Å². The summed E-state index contributed by atoms with van der Waals surface area (Å²) in [6, 6.07) is 6.63. The van der Waals surface area contributed by atoms with Crippen molar-refractivity contribution in [3.8, 4) is 0 Å². The van der Waals surface area contributed by atoms with Crippen LogP contribution in [-0.2, 0) is 4.79 Å². The SMILES string of the molecule is CC(C)NC(=O)[C@@H]1CS[C@@H](C2CCCCC2)N1C(=O)c1ccc(Cl)cc1. The van der Waals surface area contributed by atoms with Gasteiger partial charge < -0.3 is 10.2 Å². The normalized spacial score (nSPS) is 24.1. The Hall–Kier alpha value is -1.20. The van der Waals surface area contributed by atoms with Crippen molar-refractivity contribution in [3.63, 3.8) is 0 Å². The van der Waals surface area contributed by atoms with Crippen LogP contribution in [0.1, 0.15) is 56.3 Å². The Labute approximate surface area is 165 Å². The van der Waals surface area contributed by atoms with Crippen LogP contribution in [0.5, 0.6) is 0 Å². The Morgan fingerprint density at radius 1 is 1.15 bits per heavy atom. The summed E-state index contributed by atoms with van der Waals surface area (Å²) in [7, 11) is 0. The lowest BCUT2D eigenvalue weighted by atomic mass is 9.88. The fraction of sp³-hybridized carbons (Fsp3) is 0.600. The van der Waals surface area contributed by atoms with E-state index in [9.17, 15) is 9.59 Å². The highest BCUT2D eigenvalue weighted by Gasteiger charge is 2.45. The molecular weight excluding hydrogens is 368 g/mol. The van der Waals surface area contributed by atoms with Crippen molar-refractivity contribution in [3.05, 3.63) is 34.9 Å². The third kappa shape index (κ3) is 4.37. The maximum absolute atomic E-state index is 13.3. The van der Waals surface area contributed by atoms with E-state index in [4.69, 9.17) is 11.6 Å². The zero-order valence-electron chi connectivity index (χ0n) is 15.4. The number of thioether (sulfide) groups is 1. The maximum atomic E-state index is 13.3. The van der Waals surface area contributed by atoms with Gasteiger partial charge in [0.1, 0.15) is 6.04 Å². The zero-order valence-corrected chi connectivity index (χ0v) is 17.0. The van der Waals surface area contributed by atoms with Crippen LogP contribution in [0, 0.1) is 5.92 Å². The van der Waals surface area contributed by atoms with E-state index in [1.165, 1.54) is 19.3 Å². The zero-order chi connectivity index (χ0) is 18.7. The van der Waals surface area contributed by atoms with Gasteiger partial charge in [-0.3, -0.25) is 9.59 Å². The van der Waals surface area contributed by atoms with Crippen molar-refractivity contribution in [1.82, 2.24) is 10.2 Å². The largest absolute Gasteiger partial charge is 0.352 e. The van der Waals surface area contributed by atoms with Gasteiger partial charge in [0, 0.05) is 22.4 Å². The molecule has 0 unspecified atom stereocenters. The first-order valence-electron chi connectivity index (χ1n) is 9.47. The molecule has 142 valence electrons. The first-order chi connectivity index (χ1) is 12.5. The average molecular weight is 395 g/mol. The molecular formula is C20H27ClN2O2S. The lowest BCUT2D eigenvalue weighted by Crippen LogP contribution is -2.52. The molecule has 1 heterocycles. The smallest absolute Gasteiger partial charge is 0.255 e. The summed E-state index contributed by atoms with van der Waals surface area (Å²) in [4.78, 5) is 27.9. The lowest BCUT2D eigenvalue weighted by Gasteiger charge is -2.35. The molecule has 2 aliphatic rings. The van der Waals surface area contributed by atoms with Gasteiger partial charge in [-0.2, -0.15) is 0 Å². The molecule has 6 heteroatoms. The van der Waals surface area contributed by atoms with Crippen molar-refractivity contribution in [1.29, 1.82) is 0 Å². The Balaban J connectivity index is 1.86. The van der Waals surface area contributed by atoms with Crippen LogP contribution in [0.25, 0.3) is 0 Å². The molecule has 0 bridgehead atoms. The summed E-state index contributed by atoms with van der Waals surface area (Å²) in [5.41, 5.74) is 0.597. The number of hydrogen-bond acceptors (Lipinski definition) is 3. The molecule has 2 fully saturated rings. The number of nitrogens with zero attached hydrogens (tertiary/aromatic N) is 1. The Morgan fingerprint density at radius 3 is 2.42 bits per heavy atom. The monoisotopic (exact) mass is 394 g/mol. The number of benzene rings is 1. The van der Waals surface area contributed by atoms with Gasteiger partial charge in [0.25, 0.3) is 5.91 Å². The molecule has 1 aromatic rings. The first kappa shape index (κ1) is 19.6. The Morgan fingerprint density at radius 2 is 1.81 bits per heavy atom. The van der Waals surface area contributed by atoms with Crippen LogP contribution in [-0.4, -0.2) is 39.9 Å². The van der Waals surface area contributed by atoms with E-state index in [1.807, 2.05) is 18.7 Å². The molecule has 4 nitrogen and oxygen atoms in total. The molecule has 3 rings (SSSR count). The highest BCUT2D eigenvalue weighted by Crippen LogP contribution is 2.41. The number of rotatable bonds is 4. The van der Waals surface area contributed by atoms with Gasteiger partial charge in [0.05, 0.1) is 5.37 Å². The molecule has 1 aliphatic carbocycles. The van der Waals surface area contributed by atoms with E-state index in [1.54, 1.807) is 36.0 Å². The van der Waals surface area contributed by atoms with Gasteiger partial charge in [-0.15, -0.1) is 11.8 Å². The number of halogens is 1. The molecule has 1 saturated carbocycles. The van der Waals surface area contributed by atoms with Crippen molar-refractivity contribution in [2.45, 2.75) is 63.4 Å². The topological polar surface area (TPSA) is 49.4 Å². The molecule has 0 aromatic heterocycles. The Bertz CT molecular complexity index is 644. The molecule has 1 aromatic carbocycles. The summed E-state index contributed by atoms with van der Waals surface area (Å²) < 4.78 is 0. The highest BCUT2D eigenvalue weighted by atomic mass is 35.5. The minimum absolute atomic E-state index is 0.0480. The lowest BCUT2D eigenvalue weighted by molar-refractivity contribution is -0.125. The van der Waals surface area contributed by atoms with E-state index < -0.39 is 6.04 Å². The molecule has 2 amide bonds. The second-order valence-corrected chi connectivity index (χ2v) is 9.11. The van der Waals surface area contributed by atoms with Gasteiger partial charge in [0.2, 0.25) is 5.91 Å². The maximum Gasteiger partial charge on any atom is 0.255 e. The number of hydrogen-bond donors (Lipinski definition) is 1. The summed E-state index contributed by atoms with van der Waals surface area (Å²) in [5.74, 6) is 1.03. The fourth-order valence-corrected chi connectivity index (χ4v) is 5.66. The standard InChI is InChI=1S/C20H27ClN2O2S/c1-13(2)22-18(24)17-12-26-20(15-6-4-3-5-7-15)23(17)19(25)14-8-10-16(21)11-9-14/h8-11,13,15,17,20H,3-7,12H2,1-2H3,(H,22,24)/t17-,20-/m0/s1. The number of nitrogens with one attached hydrogen (secondary N) is 1. The predicted molar refractivity (Wildman–Crippen MR) is 108 cm³/mol. The van der Waals surface area contributed by atoms with Crippen molar-refractivity contribution in [2.24, 2.45) is 5.92 Å². The molecule has 1 saturated heterocycles. The highest BCUT2D eigenvalue weighted by molar-refractivity contribution is 8.00. The van der Waals surface area contributed by atoms with Gasteiger partial charge in [-0.25, -0.2) is 0 Å². The quantitative estimate of drug-likeness (QED) is 0.826. The number of carbonyl (C=O) groups excluding carboxylic acids is 2. The van der Waals surface area contributed by atoms with Crippen LogP contribution in [0.4, 0.5) is 0 Å². The van der Waals surface area contributed by atoms with E-state index in [0.717, 1.165) is 12.8 Å². The fourth-order valence-electron chi connectivity index (χ4n) is 3.89. The van der Waals surface area contributed by atoms with E-state index >= 15 is 0 Å². The molecule has 2 atom stereocenters. The third-order valence-electron chi connectivity index (χ3n) is 5.15. The van der Waals surface area contributed by atoms with Crippen LogP contribution >= 0.6 is 23.4 Å². The molecule has 0 spiro atoms. The first-order valence-corrected chi connectivity index (χ1v) is 10.9. The molecule has 1 N–H and O–H groups in total. The van der Waals surface area contributed by atoms with Crippen LogP contribution < -0.4 is 5.32 Å². The average Bonchev–Trinajstić information content (AvgIpc) is 3.07. The van der Waals surface area contributed by atoms with Crippen LogP contribution in [0.2, 0.25) is 5.02 Å². The van der Waals surface area contributed by atoms with Crippen molar-refractivity contribution in [2.75, 3.05) is 5.75 Å². The molecule has 26 heavy (non-hydrogen) atoms. The predicted octanol–water partition coefficient (Wildman–Crippen LogP) is 4.33. The number of carbonyl (C=O) groups is 2. The summed E-state index contributed by atoms with van der Waals surface area (Å²) in [6.45, 7) is 3.90. The minimum atomic E-state index is -0.405. The van der Waals surface area contributed by atoms with Crippen LogP contribution in [0.15, 0.2) is 24.3 Å². The molecule has 1 aliphatic heterocycles. The van der Waals surface area contributed by atoms with E-state index in [2.05, 4.69) is 5.32 Å². The van der Waals surface area contributed by atoms with Crippen LogP contribution in [0.3, 0.4) is 0 Å². The number of amides is 2. The van der Waals surface area contributed by atoms with Gasteiger partial charge in [0.15, 0.2) is 0 Å². The van der Waals surface area contributed by atoms with E-state index in [-0.39, 0.29) is 23.2 Å². The van der Waals surface area contributed by atoms with Gasteiger partial charge in [-0.1, -0.05) is 30.9 Å². The van der Waals surface area contributed by atoms with Crippen molar-refractivity contribution < 1.29 is 9.59 Å². The third-order valence-corrected chi connectivity index (χ3v) is 6.86. The minimum Gasteiger partial charge on any atom is -0.352 e. The summed E-state index contributed by atoms with van der Waals surface area (Å²) in [5, 5.41) is 3.68.